The van der Waals surface area contributed by atoms with Gasteiger partial charge in [0.25, 0.3) is 5.91 Å². The second-order valence-corrected chi connectivity index (χ2v) is 7.55. The molecule has 2 atom stereocenters. The summed E-state index contributed by atoms with van der Waals surface area (Å²) in [7, 11) is 0. The summed E-state index contributed by atoms with van der Waals surface area (Å²) in [6.45, 7) is 1.19. The lowest BCUT2D eigenvalue weighted by Gasteiger charge is -2.19. The van der Waals surface area contributed by atoms with Gasteiger partial charge in [-0.1, -0.05) is 18.2 Å². The monoisotopic (exact) mass is 362 g/mol. The first-order valence-electron chi connectivity index (χ1n) is 9.54. The molecule has 6 heteroatoms. The number of nitrogens with one attached hydrogen (secondary N) is 2. The van der Waals surface area contributed by atoms with Crippen LogP contribution in [0.25, 0.3) is 10.9 Å². The van der Waals surface area contributed by atoms with Crippen molar-refractivity contribution >= 4 is 16.8 Å². The van der Waals surface area contributed by atoms with E-state index in [0.717, 1.165) is 17.6 Å². The van der Waals surface area contributed by atoms with E-state index >= 15 is 0 Å². The summed E-state index contributed by atoms with van der Waals surface area (Å²) in [6.07, 6.45) is 5.06. The van der Waals surface area contributed by atoms with Gasteiger partial charge in [-0.3, -0.25) is 14.9 Å². The maximum absolute atomic E-state index is 12.6. The summed E-state index contributed by atoms with van der Waals surface area (Å²) in [5, 5.41) is 11.5. The lowest BCUT2D eigenvalue weighted by Crippen LogP contribution is -2.40. The van der Waals surface area contributed by atoms with Gasteiger partial charge in [-0.25, -0.2) is 0 Å². The minimum atomic E-state index is -0.127. The van der Waals surface area contributed by atoms with Crippen LogP contribution in [0.3, 0.4) is 0 Å². The SMILES string of the molecule is O=C(NC1COCC1Cc1ccnc2ccccc12)c1cc(C2CC2)[nH]n1. The number of hydrogen-bond acceptors (Lipinski definition) is 4. The first-order valence-corrected chi connectivity index (χ1v) is 9.54. The van der Waals surface area contributed by atoms with Crippen LogP contribution in [-0.4, -0.2) is 40.3 Å². The summed E-state index contributed by atoms with van der Waals surface area (Å²) in [5.41, 5.74) is 3.78. The first-order chi connectivity index (χ1) is 13.3. The Morgan fingerprint density at radius 3 is 3.00 bits per heavy atom. The van der Waals surface area contributed by atoms with E-state index in [-0.39, 0.29) is 17.9 Å². The molecule has 1 aliphatic heterocycles. The Morgan fingerprint density at radius 2 is 2.11 bits per heavy atom. The van der Waals surface area contributed by atoms with Crippen molar-refractivity contribution in [3.8, 4) is 0 Å². The fourth-order valence-electron chi connectivity index (χ4n) is 3.87. The lowest BCUT2D eigenvalue weighted by molar-refractivity contribution is 0.0920. The van der Waals surface area contributed by atoms with Crippen molar-refractivity contribution in [3.05, 3.63) is 59.5 Å². The number of para-hydroxylation sites is 1. The van der Waals surface area contributed by atoms with Gasteiger partial charge in [0, 0.05) is 29.1 Å². The highest BCUT2D eigenvalue weighted by Crippen LogP contribution is 2.39. The predicted octanol–water partition coefficient (Wildman–Crippen LogP) is 2.82. The minimum Gasteiger partial charge on any atom is -0.379 e. The topological polar surface area (TPSA) is 79.9 Å². The molecule has 138 valence electrons. The van der Waals surface area contributed by atoms with E-state index in [2.05, 4.69) is 32.6 Å². The van der Waals surface area contributed by atoms with E-state index in [1.165, 1.54) is 23.8 Å². The molecule has 0 bridgehead atoms. The normalized spacial score (nSPS) is 22.2. The van der Waals surface area contributed by atoms with Crippen LogP contribution in [0.4, 0.5) is 0 Å². The van der Waals surface area contributed by atoms with E-state index in [4.69, 9.17) is 4.74 Å². The van der Waals surface area contributed by atoms with Crippen LogP contribution in [0.5, 0.6) is 0 Å². The molecule has 0 spiro atoms. The number of benzene rings is 1. The van der Waals surface area contributed by atoms with Crippen LogP contribution in [-0.2, 0) is 11.2 Å². The first kappa shape index (κ1) is 16.4. The Kier molecular flexibility index (Phi) is 4.13. The summed E-state index contributed by atoms with van der Waals surface area (Å²) >= 11 is 0. The molecule has 1 aliphatic carbocycles. The molecule has 27 heavy (non-hydrogen) atoms. The number of rotatable bonds is 5. The van der Waals surface area contributed by atoms with Crippen LogP contribution in [0.1, 0.15) is 40.5 Å². The molecule has 3 heterocycles. The highest BCUT2D eigenvalue weighted by molar-refractivity contribution is 5.92. The third-order valence-corrected chi connectivity index (χ3v) is 5.58. The summed E-state index contributed by atoms with van der Waals surface area (Å²) in [6, 6.07) is 12.1. The van der Waals surface area contributed by atoms with Gasteiger partial charge in [0.05, 0.1) is 24.8 Å². The number of amides is 1. The van der Waals surface area contributed by atoms with Crippen LogP contribution in [0.15, 0.2) is 42.6 Å². The van der Waals surface area contributed by atoms with Crippen molar-refractivity contribution in [2.45, 2.75) is 31.2 Å². The molecule has 0 radical (unpaired) electrons. The average Bonchev–Trinajstić information content (AvgIpc) is 3.26. The van der Waals surface area contributed by atoms with Gasteiger partial charge < -0.3 is 10.1 Å². The molecule has 3 aromatic rings. The number of aromatic nitrogens is 3. The molecule has 1 amide bonds. The largest absolute Gasteiger partial charge is 0.379 e. The Hall–Kier alpha value is -2.73. The number of aromatic amines is 1. The van der Waals surface area contributed by atoms with Crippen molar-refractivity contribution < 1.29 is 9.53 Å². The average molecular weight is 362 g/mol. The van der Waals surface area contributed by atoms with Crippen molar-refractivity contribution in [3.63, 3.8) is 0 Å². The van der Waals surface area contributed by atoms with Gasteiger partial charge in [0.2, 0.25) is 0 Å². The van der Waals surface area contributed by atoms with Crippen LogP contribution < -0.4 is 5.32 Å². The maximum atomic E-state index is 12.6. The lowest BCUT2D eigenvalue weighted by atomic mass is 9.93. The van der Waals surface area contributed by atoms with Crippen LogP contribution in [0.2, 0.25) is 0 Å². The zero-order valence-electron chi connectivity index (χ0n) is 15.0. The fraction of sp³-hybridized carbons (Fsp3) is 0.381. The molecular weight excluding hydrogens is 340 g/mol. The summed E-state index contributed by atoms with van der Waals surface area (Å²) in [5.74, 6) is 0.668. The number of carbonyl (C=O) groups is 1. The Balaban J connectivity index is 1.30. The van der Waals surface area contributed by atoms with Gasteiger partial charge in [0.15, 0.2) is 0 Å². The fourth-order valence-corrected chi connectivity index (χ4v) is 3.87. The highest BCUT2D eigenvalue weighted by atomic mass is 16.5. The molecule has 1 saturated heterocycles. The molecule has 2 fully saturated rings. The maximum Gasteiger partial charge on any atom is 0.272 e. The van der Waals surface area contributed by atoms with Crippen molar-refractivity contribution in [1.29, 1.82) is 0 Å². The van der Waals surface area contributed by atoms with E-state index in [1.54, 1.807) is 0 Å². The van der Waals surface area contributed by atoms with Gasteiger partial charge in [-0.2, -0.15) is 5.10 Å². The highest BCUT2D eigenvalue weighted by Gasteiger charge is 2.32. The molecule has 1 saturated carbocycles. The van der Waals surface area contributed by atoms with Gasteiger partial charge >= 0.3 is 0 Å². The van der Waals surface area contributed by atoms with E-state index in [9.17, 15) is 4.79 Å². The van der Waals surface area contributed by atoms with Crippen LogP contribution in [0, 0.1) is 5.92 Å². The second kappa shape index (κ2) is 6.78. The number of carbonyl (C=O) groups excluding carboxylic acids is 1. The van der Waals surface area contributed by atoms with Crippen molar-refractivity contribution in [1.82, 2.24) is 20.5 Å². The molecule has 2 aliphatic rings. The third-order valence-electron chi connectivity index (χ3n) is 5.58. The summed E-state index contributed by atoms with van der Waals surface area (Å²) in [4.78, 5) is 17.0. The smallest absolute Gasteiger partial charge is 0.272 e. The Morgan fingerprint density at radius 1 is 1.22 bits per heavy atom. The number of pyridine rings is 1. The van der Waals surface area contributed by atoms with Crippen molar-refractivity contribution in [2.24, 2.45) is 5.92 Å². The third kappa shape index (κ3) is 3.32. The minimum absolute atomic E-state index is 0.00879. The molecule has 5 rings (SSSR count). The molecule has 6 nitrogen and oxygen atoms in total. The van der Waals surface area contributed by atoms with E-state index < -0.39 is 0 Å². The van der Waals surface area contributed by atoms with E-state index in [1.807, 2.05) is 30.5 Å². The Labute approximate surface area is 157 Å². The van der Waals surface area contributed by atoms with Gasteiger partial charge in [0.1, 0.15) is 5.69 Å². The quantitative estimate of drug-likeness (QED) is 0.731. The second-order valence-electron chi connectivity index (χ2n) is 7.55. The number of H-pyrrole nitrogens is 1. The van der Waals surface area contributed by atoms with E-state index in [0.29, 0.717) is 24.8 Å². The molecule has 2 aromatic heterocycles. The number of fused-ring (bicyclic) bond motifs is 1. The molecule has 2 unspecified atom stereocenters. The molecule has 2 N–H and O–H groups in total. The standard InChI is InChI=1S/C21H22N4O2/c26-21(19-10-18(24-25-19)13-5-6-13)23-20-12-27-11-15(20)9-14-7-8-22-17-4-2-1-3-16(14)17/h1-4,7-8,10,13,15,20H,5-6,9,11-12H2,(H,23,26)(H,24,25). The zero-order valence-corrected chi connectivity index (χ0v) is 15.0. The Bertz CT molecular complexity index is 974. The number of nitrogens with zero attached hydrogens (tertiary/aromatic N) is 2. The van der Waals surface area contributed by atoms with Gasteiger partial charge in [-0.15, -0.1) is 0 Å². The van der Waals surface area contributed by atoms with Gasteiger partial charge in [-0.05, 0) is 43.0 Å². The molecular formula is C21H22N4O2. The zero-order chi connectivity index (χ0) is 18.2. The summed E-state index contributed by atoms with van der Waals surface area (Å²) < 4.78 is 5.69. The number of hydrogen-bond donors (Lipinski definition) is 2. The van der Waals surface area contributed by atoms with Crippen LogP contribution >= 0.6 is 0 Å². The molecule has 1 aromatic carbocycles. The van der Waals surface area contributed by atoms with Crippen molar-refractivity contribution in [2.75, 3.05) is 13.2 Å². The predicted molar refractivity (Wildman–Crippen MR) is 102 cm³/mol. The number of ether oxygens (including phenoxy) is 1.